The molecule has 2 N–H and O–H groups in total. The Morgan fingerprint density at radius 3 is 1.86 bits per heavy atom. The van der Waals surface area contributed by atoms with Crippen LogP contribution in [0.2, 0.25) is 0 Å². The second-order valence-corrected chi connectivity index (χ2v) is 1.99. The molecule has 0 amide bonds. The van der Waals surface area contributed by atoms with Gasteiger partial charge in [0.2, 0.25) is 0 Å². The third-order valence-corrected chi connectivity index (χ3v) is 0.892. The van der Waals surface area contributed by atoms with Crippen molar-refractivity contribution < 1.29 is 34.1 Å². The summed E-state index contributed by atoms with van der Waals surface area (Å²) in [5.41, 5.74) is 0. The number of hydrogen-bond donors (Lipinski definition) is 2. The summed E-state index contributed by atoms with van der Waals surface area (Å²) in [4.78, 5) is 29.0. The number of cyclic esters (lactones) is 1. The first-order chi connectivity index (χ1) is 6.52. The van der Waals surface area contributed by atoms with Crippen LogP contribution in [0.4, 0.5) is 0 Å². The van der Waals surface area contributed by atoms with Gasteiger partial charge in [-0.3, -0.25) is 0 Å². The number of ether oxygens (including phenoxy) is 2. The highest BCUT2D eigenvalue weighted by Gasteiger charge is 2.08. The molecule has 78 valence electrons. The van der Waals surface area contributed by atoms with Crippen LogP contribution in [0.3, 0.4) is 0 Å². The summed E-state index contributed by atoms with van der Waals surface area (Å²) in [6.45, 7) is 0.263. The highest BCUT2D eigenvalue weighted by molar-refractivity contribution is 5.89. The van der Waals surface area contributed by atoms with Crippen LogP contribution in [0.5, 0.6) is 0 Å². The highest BCUT2D eigenvalue weighted by Crippen LogP contribution is 1.89. The first kappa shape index (κ1) is 12.1. The molecular formula is C7H8O7. The van der Waals surface area contributed by atoms with E-state index in [0.717, 1.165) is 0 Å². The predicted molar refractivity (Wildman–Crippen MR) is 41.3 cm³/mol. The smallest absolute Gasteiger partial charge is 0.334 e. The zero-order valence-corrected chi connectivity index (χ0v) is 7.00. The lowest BCUT2D eigenvalue weighted by Crippen LogP contribution is -1.94. The van der Waals surface area contributed by atoms with E-state index in [1.165, 1.54) is 0 Å². The predicted octanol–water partition coefficient (Wildman–Crippen LogP) is -0.771. The van der Waals surface area contributed by atoms with Gasteiger partial charge in [-0.2, -0.15) is 0 Å². The van der Waals surface area contributed by atoms with Gasteiger partial charge in [0.05, 0.1) is 0 Å². The molecule has 14 heavy (non-hydrogen) atoms. The highest BCUT2D eigenvalue weighted by atomic mass is 16.7. The van der Waals surface area contributed by atoms with Crippen molar-refractivity contribution in [3.63, 3.8) is 0 Å². The summed E-state index contributed by atoms with van der Waals surface area (Å²) in [6, 6.07) is 0. The van der Waals surface area contributed by atoms with E-state index >= 15 is 0 Å². The third kappa shape index (κ3) is 8.21. The minimum Gasteiger partial charge on any atom is -0.478 e. The maximum Gasteiger partial charge on any atom is 0.334 e. The molecule has 0 radical (unpaired) electrons. The van der Waals surface area contributed by atoms with Gasteiger partial charge in [0.25, 0.3) is 0 Å². The molecule has 1 aliphatic heterocycles. The van der Waals surface area contributed by atoms with Crippen molar-refractivity contribution in [1.29, 1.82) is 0 Å². The lowest BCUT2D eigenvalue weighted by molar-refractivity contribution is -0.137. The van der Waals surface area contributed by atoms with Crippen LogP contribution in [0.25, 0.3) is 0 Å². The van der Waals surface area contributed by atoms with Gasteiger partial charge in [-0.15, -0.1) is 0 Å². The monoisotopic (exact) mass is 204 g/mol. The van der Waals surface area contributed by atoms with Gasteiger partial charge >= 0.3 is 17.9 Å². The van der Waals surface area contributed by atoms with E-state index in [-0.39, 0.29) is 19.4 Å². The number of carboxylic acid groups (broad SMARTS) is 2. The van der Waals surface area contributed by atoms with Gasteiger partial charge in [-0.1, -0.05) is 0 Å². The number of aliphatic carboxylic acids is 2. The average molecular weight is 204 g/mol. The number of carbonyl (C=O) groups is 3. The van der Waals surface area contributed by atoms with Crippen LogP contribution in [0.1, 0.15) is 0 Å². The molecule has 1 aliphatic rings. The number of carbonyl (C=O) groups excluding carboxylic acids is 1. The second kappa shape index (κ2) is 6.61. The number of hydrogen-bond acceptors (Lipinski definition) is 5. The molecule has 0 aromatic heterocycles. The molecule has 7 nitrogen and oxygen atoms in total. The minimum absolute atomic E-state index is 0.125. The summed E-state index contributed by atoms with van der Waals surface area (Å²) < 4.78 is 8.78. The zero-order chi connectivity index (χ0) is 11.0. The summed E-state index contributed by atoms with van der Waals surface area (Å²) >= 11 is 0. The summed E-state index contributed by atoms with van der Waals surface area (Å²) in [5.74, 6) is -2.78. The summed E-state index contributed by atoms with van der Waals surface area (Å²) in [7, 11) is 0. The van der Waals surface area contributed by atoms with Crippen molar-refractivity contribution in [2.75, 3.05) is 13.4 Å². The Bertz CT molecular complexity index is 231. The fourth-order valence-electron chi connectivity index (χ4n) is 0.417. The molecule has 1 rings (SSSR count). The first-order valence-electron chi connectivity index (χ1n) is 3.39. The second-order valence-electron chi connectivity index (χ2n) is 1.99. The molecule has 7 heteroatoms. The largest absolute Gasteiger partial charge is 0.478 e. The lowest BCUT2D eigenvalue weighted by Gasteiger charge is -1.78. The Labute approximate surface area is 78.5 Å². The van der Waals surface area contributed by atoms with Gasteiger partial charge in [0.1, 0.15) is 6.61 Å². The van der Waals surface area contributed by atoms with Gasteiger partial charge in [0, 0.05) is 12.2 Å². The molecule has 1 heterocycles. The minimum atomic E-state index is -1.26. The first-order valence-corrected chi connectivity index (χ1v) is 3.39. The normalized spacial score (nSPS) is 14.4. The Balaban J connectivity index is 0.000000249. The van der Waals surface area contributed by atoms with Crippen LogP contribution in [-0.2, 0) is 23.9 Å². The molecule has 0 saturated carbocycles. The van der Waals surface area contributed by atoms with Gasteiger partial charge in [-0.25, -0.2) is 14.4 Å². The molecule has 0 spiro atoms. The molecule has 1 fully saturated rings. The van der Waals surface area contributed by atoms with Gasteiger partial charge < -0.3 is 19.7 Å². The molecule has 1 saturated heterocycles. The van der Waals surface area contributed by atoms with Crippen LogP contribution in [0.15, 0.2) is 12.2 Å². The maximum absolute atomic E-state index is 9.90. The Hall–Kier alpha value is -1.89. The quantitative estimate of drug-likeness (QED) is 0.448. The van der Waals surface area contributed by atoms with E-state index < -0.39 is 11.9 Å². The van der Waals surface area contributed by atoms with E-state index in [9.17, 15) is 14.4 Å². The molecule has 0 aliphatic carbocycles. The molecule has 0 bridgehead atoms. The third-order valence-electron chi connectivity index (χ3n) is 0.892. The Morgan fingerprint density at radius 1 is 1.21 bits per heavy atom. The van der Waals surface area contributed by atoms with E-state index in [4.69, 9.17) is 10.2 Å². The maximum atomic E-state index is 9.90. The number of carboxylic acids is 2. The van der Waals surface area contributed by atoms with Crippen LogP contribution < -0.4 is 0 Å². The van der Waals surface area contributed by atoms with Gasteiger partial charge in [0.15, 0.2) is 6.79 Å². The van der Waals surface area contributed by atoms with Crippen LogP contribution in [0, 0.1) is 0 Å². The standard InChI is InChI=1S/C4H4O4.C3H4O3/c5-3(6)1-2-4(7)8;4-3-1-5-2-6-3/h1-2H,(H,5,6)(H,7,8);1-2H2/b2-1-;. The molecule has 0 aromatic rings. The van der Waals surface area contributed by atoms with Crippen LogP contribution in [-0.4, -0.2) is 41.5 Å². The topological polar surface area (TPSA) is 110 Å². The lowest BCUT2D eigenvalue weighted by atomic mass is 10.5. The SMILES string of the molecule is O=C(O)/C=C\C(=O)O.O=C1COCO1. The van der Waals surface area contributed by atoms with E-state index in [1.807, 2.05) is 0 Å². The van der Waals surface area contributed by atoms with E-state index in [0.29, 0.717) is 12.2 Å². The fraction of sp³-hybridized carbons (Fsp3) is 0.286. The van der Waals surface area contributed by atoms with Crippen molar-refractivity contribution in [3.8, 4) is 0 Å². The van der Waals surface area contributed by atoms with E-state index in [2.05, 4.69) is 9.47 Å². The average Bonchev–Trinajstić information content (AvgIpc) is 2.53. The summed E-state index contributed by atoms with van der Waals surface area (Å²) in [6.07, 6.45) is 1.12. The van der Waals surface area contributed by atoms with Crippen LogP contribution >= 0.6 is 0 Å². The number of rotatable bonds is 2. The molecular weight excluding hydrogens is 196 g/mol. The van der Waals surface area contributed by atoms with Crippen molar-refractivity contribution >= 4 is 17.9 Å². The fourth-order valence-corrected chi connectivity index (χ4v) is 0.417. The van der Waals surface area contributed by atoms with Gasteiger partial charge in [-0.05, 0) is 0 Å². The van der Waals surface area contributed by atoms with Crippen molar-refractivity contribution in [1.82, 2.24) is 0 Å². The molecule has 0 unspecified atom stereocenters. The summed E-state index contributed by atoms with van der Waals surface area (Å²) in [5, 5.41) is 15.6. The van der Waals surface area contributed by atoms with Crippen molar-refractivity contribution in [3.05, 3.63) is 12.2 Å². The van der Waals surface area contributed by atoms with E-state index in [1.54, 1.807) is 0 Å². The zero-order valence-electron chi connectivity index (χ0n) is 7.00. The van der Waals surface area contributed by atoms with Crippen molar-refractivity contribution in [2.24, 2.45) is 0 Å². The van der Waals surface area contributed by atoms with Crippen molar-refractivity contribution in [2.45, 2.75) is 0 Å². The molecule has 0 aromatic carbocycles. The Morgan fingerprint density at radius 2 is 1.71 bits per heavy atom. The Kier molecular flexibility index (Phi) is 5.72. The molecule has 0 atom stereocenters. The number of esters is 1.